The first-order chi connectivity index (χ1) is 4.88. The first-order valence-corrected chi connectivity index (χ1v) is 2.94. The quantitative estimate of drug-likeness (QED) is 0.586. The molecule has 2 aromatic heterocycles. The van der Waals surface area contributed by atoms with Gasteiger partial charge in [-0.05, 0) is 6.07 Å². The summed E-state index contributed by atoms with van der Waals surface area (Å²) in [5, 5.41) is 0.593. The second-order valence-electron chi connectivity index (χ2n) is 2.06. The standard InChI is InChI=1S/C7H5FN2/c8-6-3-9-4-7-5(6)1-2-10-7/h1-4,10H. The van der Waals surface area contributed by atoms with Crippen molar-refractivity contribution in [1.82, 2.24) is 9.97 Å². The van der Waals surface area contributed by atoms with E-state index in [2.05, 4.69) is 9.97 Å². The van der Waals surface area contributed by atoms with E-state index < -0.39 is 0 Å². The fourth-order valence-corrected chi connectivity index (χ4v) is 0.944. The zero-order chi connectivity index (χ0) is 6.97. The summed E-state index contributed by atoms with van der Waals surface area (Å²) in [6, 6.07) is 1.69. The number of pyridine rings is 1. The average Bonchev–Trinajstić information content (AvgIpc) is 2.36. The Kier molecular flexibility index (Phi) is 0.974. The summed E-state index contributed by atoms with van der Waals surface area (Å²) in [4.78, 5) is 6.54. The number of H-pyrrole nitrogens is 1. The van der Waals surface area contributed by atoms with Gasteiger partial charge in [0, 0.05) is 11.6 Å². The largest absolute Gasteiger partial charge is 0.360 e. The molecule has 0 aliphatic carbocycles. The van der Waals surface area contributed by atoms with Crippen molar-refractivity contribution >= 4 is 10.9 Å². The van der Waals surface area contributed by atoms with E-state index in [0.29, 0.717) is 5.39 Å². The van der Waals surface area contributed by atoms with E-state index in [9.17, 15) is 4.39 Å². The molecule has 2 aromatic rings. The number of nitrogens with one attached hydrogen (secondary N) is 1. The van der Waals surface area contributed by atoms with Crippen LogP contribution in [0.15, 0.2) is 24.7 Å². The number of halogens is 1. The van der Waals surface area contributed by atoms with E-state index in [1.807, 2.05) is 0 Å². The summed E-state index contributed by atoms with van der Waals surface area (Å²) in [6.45, 7) is 0. The molecule has 0 spiro atoms. The Morgan fingerprint density at radius 3 is 3.10 bits per heavy atom. The highest BCUT2D eigenvalue weighted by molar-refractivity contribution is 5.78. The van der Waals surface area contributed by atoms with E-state index in [-0.39, 0.29) is 5.82 Å². The van der Waals surface area contributed by atoms with Gasteiger partial charge in [-0.2, -0.15) is 0 Å². The third kappa shape index (κ3) is 0.603. The molecule has 0 atom stereocenters. The predicted molar refractivity (Wildman–Crippen MR) is 36.1 cm³/mol. The lowest BCUT2D eigenvalue weighted by atomic mass is 10.3. The van der Waals surface area contributed by atoms with Crippen LogP contribution < -0.4 is 0 Å². The molecule has 0 aliphatic rings. The molecular formula is C7H5FN2. The van der Waals surface area contributed by atoms with Gasteiger partial charge in [-0.1, -0.05) is 0 Å². The van der Waals surface area contributed by atoms with Crippen LogP contribution in [-0.2, 0) is 0 Å². The van der Waals surface area contributed by atoms with Gasteiger partial charge in [0.1, 0.15) is 0 Å². The monoisotopic (exact) mass is 136 g/mol. The Hall–Kier alpha value is -1.38. The maximum atomic E-state index is 12.7. The first-order valence-electron chi connectivity index (χ1n) is 2.94. The van der Waals surface area contributed by atoms with Crippen LogP contribution in [0.1, 0.15) is 0 Å². The van der Waals surface area contributed by atoms with Crippen LogP contribution >= 0.6 is 0 Å². The zero-order valence-electron chi connectivity index (χ0n) is 5.13. The van der Waals surface area contributed by atoms with Crippen molar-refractivity contribution in [3.8, 4) is 0 Å². The Morgan fingerprint density at radius 2 is 2.30 bits per heavy atom. The van der Waals surface area contributed by atoms with E-state index in [0.717, 1.165) is 5.52 Å². The molecule has 0 saturated heterocycles. The smallest absolute Gasteiger partial charge is 0.150 e. The molecule has 0 fully saturated rings. The topological polar surface area (TPSA) is 28.7 Å². The van der Waals surface area contributed by atoms with Crippen LogP contribution in [0.2, 0.25) is 0 Å². The Labute approximate surface area is 56.7 Å². The van der Waals surface area contributed by atoms with Crippen LogP contribution in [0.25, 0.3) is 10.9 Å². The molecule has 0 amide bonds. The van der Waals surface area contributed by atoms with Crippen LogP contribution in [0, 0.1) is 5.82 Å². The molecule has 0 radical (unpaired) electrons. The molecule has 0 saturated carbocycles. The maximum absolute atomic E-state index is 12.7. The van der Waals surface area contributed by atoms with Gasteiger partial charge >= 0.3 is 0 Å². The highest BCUT2D eigenvalue weighted by Gasteiger charge is 1.98. The predicted octanol–water partition coefficient (Wildman–Crippen LogP) is 1.70. The third-order valence-corrected chi connectivity index (χ3v) is 1.43. The van der Waals surface area contributed by atoms with Gasteiger partial charge in [0.05, 0.1) is 17.9 Å². The molecule has 0 bridgehead atoms. The van der Waals surface area contributed by atoms with Gasteiger partial charge in [0.15, 0.2) is 5.82 Å². The van der Waals surface area contributed by atoms with Crippen molar-refractivity contribution in [3.05, 3.63) is 30.5 Å². The summed E-state index contributed by atoms with van der Waals surface area (Å²) in [5.41, 5.74) is 0.736. The fraction of sp³-hybridized carbons (Fsp3) is 0. The normalized spacial score (nSPS) is 10.5. The van der Waals surface area contributed by atoms with Crippen molar-refractivity contribution in [1.29, 1.82) is 0 Å². The molecule has 0 unspecified atom stereocenters. The number of hydrogen-bond donors (Lipinski definition) is 1. The number of hydrogen-bond acceptors (Lipinski definition) is 1. The average molecular weight is 136 g/mol. The van der Waals surface area contributed by atoms with Gasteiger partial charge in [0.25, 0.3) is 0 Å². The molecule has 10 heavy (non-hydrogen) atoms. The summed E-state index contributed by atoms with van der Waals surface area (Å²) in [6.07, 6.45) is 4.49. The van der Waals surface area contributed by atoms with Crippen LogP contribution in [-0.4, -0.2) is 9.97 Å². The van der Waals surface area contributed by atoms with E-state index >= 15 is 0 Å². The minimum absolute atomic E-state index is 0.279. The lowest BCUT2D eigenvalue weighted by Crippen LogP contribution is -1.77. The number of rotatable bonds is 0. The lowest BCUT2D eigenvalue weighted by Gasteiger charge is -1.87. The van der Waals surface area contributed by atoms with Gasteiger partial charge in [0.2, 0.25) is 0 Å². The SMILES string of the molecule is Fc1cncc2[nH]ccc12. The summed E-state index contributed by atoms with van der Waals surface area (Å²) < 4.78 is 12.7. The minimum Gasteiger partial charge on any atom is -0.360 e. The van der Waals surface area contributed by atoms with Gasteiger partial charge in [-0.15, -0.1) is 0 Å². The van der Waals surface area contributed by atoms with Gasteiger partial charge < -0.3 is 4.98 Å². The van der Waals surface area contributed by atoms with Crippen molar-refractivity contribution in [2.75, 3.05) is 0 Å². The highest BCUT2D eigenvalue weighted by atomic mass is 19.1. The number of fused-ring (bicyclic) bond motifs is 1. The molecule has 2 nitrogen and oxygen atoms in total. The molecule has 2 heterocycles. The van der Waals surface area contributed by atoms with Crippen LogP contribution in [0.4, 0.5) is 4.39 Å². The summed E-state index contributed by atoms with van der Waals surface area (Å²) in [5.74, 6) is -0.279. The van der Waals surface area contributed by atoms with Crippen molar-refractivity contribution in [3.63, 3.8) is 0 Å². The van der Waals surface area contributed by atoms with Crippen molar-refractivity contribution < 1.29 is 4.39 Å². The number of aromatic nitrogens is 2. The molecule has 0 aliphatic heterocycles. The van der Waals surface area contributed by atoms with E-state index in [1.54, 1.807) is 18.5 Å². The number of nitrogens with zero attached hydrogens (tertiary/aromatic N) is 1. The molecule has 3 heteroatoms. The summed E-state index contributed by atoms with van der Waals surface area (Å²) >= 11 is 0. The summed E-state index contributed by atoms with van der Waals surface area (Å²) in [7, 11) is 0. The number of aromatic amines is 1. The Bertz CT molecular complexity index is 353. The zero-order valence-corrected chi connectivity index (χ0v) is 5.13. The minimum atomic E-state index is -0.279. The Balaban J connectivity index is 2.95. The van der Waals surface area contributed by atoms with Crippen LogP contribution in [0.3, 0.4) is 0 Å². The molecule has 50 valence electrons. The second kappa shape index (κ2) is 1.80. The molecular weight excluding hydrogens is 131 g/mol. The second-order valence-corrected chi connectivity index (χ2v) is 2.06. The molecule has 0 aromatic carbocycles. The third-order valence-electron chi connectivity index (χ3n) is 1.43. The molecule has 1 N–H and O–H groups in total. The van der Waals surface area contributed by atoms with Crippen molar-refractivity contribution in [2.24, 2.45) is 0 Å². The Morgan fingerprint density at radius 1 is 1.40 bits per heavy atom. The van der Waals surface area contributed by atoms with Gasteiger partial charge in [-0.25, -0.2) is 4.39 Å². The fourth-order valence-electron chi connectivity index (χ4n) is 0.944. The van der Waals surface area contributed by atoms with E-state index in [1.165, 1.54) is 6.20 Å². The van der Waals surface area contributed by atoms with Gasteiger partial charge in [-0.3, -0.25) is 4.98 Å². The lowest BCUT2D eigenvalue weighted by molar-refractivity contribution is 0.634. The first kappa shape index (κ1) is 5.41. The molecule has 2 rings (SSSR count). The van der Waals surface area contributed by atoms with Crippen LogP contribution in [0.5, 0.6) is 0 Å². The van der Waals surface area contributed by atoms with Crippen molar-refractivity contribution in [2.45, 2.75) is 0 Å². The maximum Gasteiger partial charge on any atom is 0.150 e. The van der Waals surface area contributed by atoms with E-state index in [4.69, 9.17) is 0 Å². The highest BCUT2D eigenvalue weighted by Crippen LogP contribution is 2.12.